The molecule has 2 aliphatic rings. The van der Waals surface area contributed by atoms with Gasteiger partial charge in [-0.2, -0.15) is 0 Å². The van der Waals surface area contributed by atoms with E-state index in [1.165, 1.54) is 0 Å². The first-order chi connectivity index (χ1) is 3.97. The Hall–Kier alpha value is -1.12. The third-order valence-electron chi connectivity index (χ3n) is 1.10. The molecular weight excluding hydrogens is 104 g/mol. The van der Waals surface area contributed by atoms with Gasteiger partial charge in [0, 0.05) is 0 Å². The normalized spacial score (nSPS) is 22.0. The van der Waals surface area contributed by atoms with Gasteiger partial charge >= 0.3 is 0 Å². The van der Waals surface area contributed by atoms with E-state index in [4.69, 9.17) is 4.74 Å². The summed E-state index contributed by atoms with van der Waals surface area (Å²) in [5.74, 6) is 0.810. The van der Waals surface area contributed by atoms with E-state index in [0.717, 1.165) is 11.5 Å². The maximum Gasteiger partial charge on any atom is 0.180 e. The third kappa shape index (κ3) is 0.332. The van der Waals surface area contributed by atoms with Crippen LogP contribution < -0.4 is 0 Å². The van der Waals surface area contributed by atoms with Crippen LogP contribution in [0, 0.1) is 0 Å². The molecule has 40 valence electrons. The number of allylic oxidation sites excluding steroid dienone is 1. The van der Waals surface area contributed by atoms with Gasteiger partial charge < -0.3 is 4.74 Å². The zero-order valence-electron chi connectivity index (χ0n) is 4.16. The van der Waals surface area contributed by atoms with Gasteiger partial charge in [-0.1, -0.05) is 0 Å². The summed E-state index contributed by atoms with van der Waals surface area (Å²) in [7, 11) is 0. The van der Waals surface area contributed by atoms with E-state index in [1.54, 1.807) is 12.4 Å². The molecule has 0 aromatic carbocycles. The van der Waals surface area contributed by atoms with E-state index in [1.807, 2.05) is 0 Å². The minimum Gasteiger partial charge on any atom is -0.467 e. The molecule has 0 atom stereocenters. The molecule has 0 bridgehead atoms. The summed E-state index contributed by atoms with van der Waals surface area (Å²) in [4.78, 5) is 7.80. The van der Waals surface area contributed by atoms with Crippen LogP contribution in [0.15, 0.2) is 21.9 Å². The molecule has 0 saturated heterocycles. The average molecular weight is 108 g/mol. The largest absolute Gasteiger partial charge is 0.467 e. The first-order valence-electron chi connectivity index (χ1n) is 2.38. The SMILES string of the molecule is C1=NC=C2OCN=C12. The second-order valence-corrected chi connectivity index (χ2v) is 1.59. The molecule has 0 N–H and O–H groups in total. The Labute approximate surface area is 46.4 Å². The number of ether oxygens (including phenoxy) is 1. The summed E-state index contributed by atoms with van der Waals surface area (Å²) in [6, 6.07) is 0. The average Bonchev–Trinajstić information content (AvgIpc) is 2.15. The van der Waals surface area contributed by atoms with Gasteiger partial charge in [-0.05, 0) is 0 Å². The molecule has 8 heavy (non-hydrogen) atoms. The van der Waals surface area contributed by atoms with Crippen molar-refractivity contribution in [3.05, 3.63) is 12.0 Å². The van der Waals surface area contributed by atoms with Crippen LogP contribution in [0.5, 0.6) is 0 Å². The highest BCUT2D eigenvalue weighted by Gasteiger charge is 2.14. The van der Waals surface area contributed by atoms with Crippen molar-refractivity contribution in [2.24, 2.45) is 9.98 Å². The van der Waals surface area contributed by atoms with Crippen molar-refractivity contribution in [1.29, 1.82) is 0 Å². The third-order valence-corrected chi connectivity index (χ3v) is 1.10. The monoisotopic (exact) mass is 108 g/mol. The smallest absolute Gasteiger partial charge is 0.180 e. The maximum atomic E-state index is 5.01. The van der Waals surface area contributed by atoms with Gasteiger partial charge in [-0.3, -0.25) is 4.99 Å². The molecule has 2 rings (SSSR count). The van der Waals surface area contributed by atoms with Gasteiger partial charge in [0.2, 0.25) is 0 Å². The van der Waals surface area contributed by atoms with Crippen LogP contribution in [-0.2, 0) is 4.74 Å². The van der Waals surface area contributed by atoms with Crippen LogP contribution >= 0.6 is 0 Å². The molecule has 0 aromatic heterocycles. The topological polar surface area (TPSA) is 34.0 Å². The van der Waals surface area contributed by atoms with Gasteiger partial charge in [0.25, 0.3) is 0 Å². The van der Waals surface area contributed by atoms with Crippen LogP contribution in [0.3, 0.4) is 0 Å². The quantitative estimate of drug-likeness (QED) is 0.440. The Morgan fingerprint density at radius 2 is 2.62 bits per heavy atom. The number of nitrogens with zero attached hydrogens (tertiary/aromatic N) is 2. The minimum atomic E-state index is 0.465. The van der Waals surface area contributed by atoms with E-state index < -0.39 is 0 Å². The first-order valence-corrected chi connectivity index (χ1v) is 2.38. The van der Waals surface area contributed by atoms with E-state index in [9.17, 15) is 0 Å². The van der Waals surface area contributed by atoms with Crippen molar-refractivity contribution in [2.45, 2.75) is 0 Å². The van der Waals surface area contributed by atoms with Crippen LogP contribution in [0.4, 0.5) is 0 Å². The lowest BCUT2D eigenvalue weighted by molar-refractivity contribution is 0.261. The molecule has 2 heterocycles. The molecule has 0 spiro atoms. The molecule has 3 heteroatoms. The molecule has 0 amide bonds. The van der Waals surface area contributed by atoms with Crippen LogP contribution in [-0.4, -0.2) is 18.7 Å². The Morgan fingerprint density at radius 1 is 1.62 bits per heavy atom. The number of hydrogen-bond acceptors (Lipinski definition) is 3. The van der Waals surface area contributed by atoms with Gasteiger partial charge in [0.1, 0.15) is 5.71 Å². The van der Waals surface area contributed by atoms with Gasteiger partial charge in [0.15, 0.2) is 12.5 Å². The number of rotatable bonds is 0. The summed E-state index contributed by atoms with van der Waals surface area (Å²) in [5.41, 5.74) is 0.880. The summed E-state index contributed by atoms with van der Waals surface area (Å²) >= 11 is 0. The molecule has 2 aliphatic heterocycles. The summed E-state index contributed by atoms with van der Waals surface area (Å²) < 4.78 is 5.01. The zero-order valence-corrected chi connectivity index (χ0v) is 4.16. The van der Waals surface area contributed by atoms with E-state index >= 15 is 0 Å². The van der Waals surface area contributed by atoms with Crippen molar-refractivity contribution in [3.63, 3.8) is 0 Å². The molecule has 0 aliphatic carbocycles. The Morgan fingerprint density at radius 3 is 3.50 bits per heavy atom. The van der Waals surface area contributed by atoms with Crippen LogP contribution in [0.1, 0.15) is 0 Å². The summed E-state index contributed by atoms with van der Waals surface area (Å²) in [6.45, 7) is 0.465. The van der Waals surface area contributed by atoms with Crippen LogP contribution in [0.25, 0.3) is 0 Å². The first kappa shape index (κ1) is 3.83. The summed E-state index contributed by atoms with van der Waals surface area (Å²) in [5, 5.41) is 0. The van der Waals surface area contributed by atoms with Gasteiger partial charge in [0.05, 0.1) is 12.4 Å². The van der Waals surface area contributed by atoms with Crippen molar-refractivity contribution < 1.29 is 4.74 Å². The van der Waals surface area contributed by atoms with Crippen molar-refractivity contribution in [3.8, 4) is 0 Å². The molecule has 0 fully saturated rings. The molecular formula is C5H4N2O. The van der Waals surface area contributed by atoms with Crippen molar-refractivity contribution >= 4 is 11.9 Å². The Balaban J connectivity index is 2.49. The predicted octanol–water partition coefficient (Wildman–Crippen LogP) is 0.341. The fourth-order valence-electron chi connectivity index (χ4n) is 0.707. The molecule has 3 nitrogen and oxygen atoms in total. The van der Waals surface area contributed by atoms with Crippen LogP contribution in [0.2, 0.25) is 0 Å². The highest BCUT2D eigenvalue weighted by Crippen LogP contribution is 2.11. The molecule has 0 saturated carbocycles. The fraction of sp³-hybridized carbons (Fsp3) is 0.200. The summed E-state index contributed by atoms with van der Waals surface area (Å²) in [6.07, 6.45) is 3.37. The second kappa shape index (κ2) is 1.18. The van der Waals surface area contributed by atoms with E-state index in [0.29, 0.717) is 6.73 Å². The molecule has 0 radical (unpaired) electrons. The maximum absolute atomic E-state index is 5.01. The van der Waals surface area contributed by atoms with E-state index in [2.05, 4.69) is 9.98 Å². The minimum absolute atomic E-state index is 0.465. The lowest BCUT2D eigenvalue weighted by atomic mass is 10.4. The van der Waals surface area contributed by atoms with Gasteiger partial charge in [-0.25, -0.2) is 4.99 Å². The molecule has 0 unspecified atom stereocenters. The highest BCUT2D eigenvalue weighted by atomic mass is 16.5. The van der Waals surface area contributed by atoms with Gasteiger partial charge in [-0.15, -0.1) is 0 Å². The fourth-order valence-corrected chi connectivity index (χ4v) is 0.707. The number of aliphatic imine (C=N–C) groups is 2. The van der Waals surface area contributed by atoms with Crippen molar-refractivity contribution in [1.82, 2.24) is 0 Å². The van der Waals surface area contributed by atoms with Crippen molar-refractivity contribution in [2.75, 3.05) is 6.73 Å². The molecule has 0 aromatic rings. The lowest BCUT2D eigenvalue weighted by Gasteiger charge is -1.88. The lowest BCUT2D eigenvalue weighted by Crippen LogP contribution is -1.92. The number of fused-ring (bicyclic) bond motifs is 1. The van der Waals surface area contributed by atoms with E-state index in [-0.39, 0.29) is 0 Å². The zero-order chi connectivity index (χ0) is 5.40. The predicted molar refractivity (Wildman–Crippen MR) is 30.0 cm³/mol. The standard InChI is InChI=1S/C5H4N2O/c1-4-5(2-6-1)8-3-7-4/h1-2H,3H2. The Bertz CT molecular complexity index is 202. The Kier molecular flexibility index (Phi) is 0.566. The second-order valence-electron chi connectivity index (χ2n) is 1.59. The highest BCUT2D eigenvalue weighted by molar-refractivity contribution is 6.39. The number of hydrogen-bond donors (Lipinski definition) is 0.